The van der Waals surface area contributed by atoms with Crippen molar-refractivity contribution in [3.8, 4) is 33.6 Å². The van der Waals surface area contributed by atoms with Gasteiger partial charge in [0.2, 0.25) is 0 Å². The first-order valence-electron chi connectivity index (χ1n) is 14.7. The number of aromatic nitrogens is 4. The van der Waals surface area contributed by atoms with Crippen LogP contribution in [0.2, 0.25) is 5.15 Å². The molecule has 6 rings (SSSR count). The van der Waals surface area contributed by atoms with Gasteiger partial charge in [-0.1, -0.05) is 73.0 Å². The molecule has 7 nitrogen and oxygen atoms in total. The number of aromatic amines is 2. The average molecular weight is 604 g/mol. The van der Waals surface area contributed by atoms with Crippen molar-refractivity contribution >= 4 is 29.5 Å². The summed E-state index contributed by atoms with van der Waals surface area (Å²) < 4.78 is 5.70. The number of amides is 1. The molecule has 2 atom stereocenters. The fourth-order valence-corrected chi connectivity index (χ4v) is 6.95. The zero-order chi connectivity index (χ0) is 29.4. The van der Waals surface area contributed by atoms with Crippen LogP contribution in [-0.4, -0.2) is 54.6 Å². The maximum absolute atomic E-state index is 13.0. The van der Waals surface area contributed by atoms with E-state index in [0.29, 0.717) is 22.9 Å². The highest BCUT2D eigenvalue weighted by Crippen LogP contribution is 2.38. The van der Waals surface area contributed by atoms with Gasteiger partial charge in [-0.05, 0) is 63.0 Å². The Kier molecular flexibility index (Phi) is 8.11. The highest BCUT2D eigenvalue weighted by Gasteiger charge is 2.39. The molecule has 1 amide bonds. The second kappa shape index (κ2) is 11.8. The monoisotopic (exact) mass is 603 g/mol. The van der Waals surface area contributed by atoms with Gasteiger partial charge in [0.25, 0.3) is 0 Å². The summed E-state index contributed by atoms with van der Waals surface area (Å²) in [5, 5.41) is 0.962. The Morgan fingerprint density at radius 1 is 0.952 bits per heavy atom. The van der Waals surface area contributed by atoms with Crippen LogP contribution in [0.15, 0.2) is 54.7 Å². The van der Waals surface area contributed by atoms with Crippen LogP contribution in [0.1, 0.15) is 76.5 Å². The van der Waals surface area contributed by atoms with E-state index in [1.54, 1.807) is 11.8 Å². The number of hydrogen-bond acceptors (Lipinski definition) is 5. The Labute approximate surface area is 256 Å². The minimum Gasteiger partial charge on any atom is -0.444 e. The zero-order valence-corrected chi connectivity index (χ0v) is 26.2. The number of H-pyrrole nitrogens is 2. The smallest absolute Gasteiger partial charge is 0.410 e. The zero-order valence-electron chi connectivity index (χ0n) is 24.6. The highest BCUT2D eigenvalue weighted by atomic mass is 35.5. The van der Waals surface area contributed by atoms with E-state index in [-0.39, 0.29) is 12.1 Å². The lowest BCUT2D eigenvalue weighted by atomic mass is 10.0. The molecule has 0 radical (unpaired) electrons. The van der Waals surface area contributed by atoms with E-state index in [2.05, 4.69) is 64.8 Å². The molecule has 0 unspecified atom stereocenters. The Hall–Kier alpha value is -3.23. The summed E-state index contributed by atoms with van der Waals surface area (Å²) in [5.74, 6) is 2.30. The number of nitrogens with zero attached hydrogens (tertiary/aromatic N) is 3. The second-order valence-corrected chi connectivity index (χ2v) is 13.9. The Morgan fingerprint density at radius 3 is 2.19 bits per heavy atom. The minimum atomic E-state index is -0.542. The predicted octanol–water partition coefficient (Wildman–Crippen LogP) is 8.86. The molecule has 2 aromatic carbocycles. The maximum atomic E-state index is 13.0. The largest absolute Gasteiger partial charge is 0.444 e. The average Bonchev–Trinajstić information content (AvgIpc) is 3.78. The van der Waals surface area contributed by atoms with E-state index in [0.717, 1.165) is 51.7 Å². The van der Waals surface area contributed by atoms with Crippen LogP contribution in [0.5, 0.6) is 0 Å². The van der Waals surface area contributed by atoms with Crippen LogP contribution in [-0.2, 0) is 4.74 Å². The molecule has 2 N–H and O–H groups in total. The molecule has 1 aliphatic heterocycles. The molecule has 2 fully saturated rings. The van der Waals surface area contributed by atoms with Crippen LogP contribution in [0.3, 0.4) is 0 Å². The Bertz CT molecular complexity index is 1530. The molecular weight excluding hydrogens is 566 g/mol. The van der Waals surface area contributed by atoms with E-state index < -0.39 is 5.60 Å². The lowest BCUT2D eigenvalue weighted by Gasteiger charge is -2.27. The number of rotatable bonds is 6. The lowest BCUT2D eigenvalue weighted by molar-refractivity contribution is 0.0219. The summed E-state index contributed by atoms with van der Waals surface area (Å²) in [5.41, 5.74) is 5.52. The molecule has 3 heterocycles. The third kappa shape index (κ3) is 6.11. The number of carbonyl (C=O) groups excluding carboxylic acids is 1. The van der Waals surface area contributed by atoms with Gasteiger partial charge >= 0.3 is 6.09 Å². The first-order valence-corrected chi connectivity index (χ1v) is 16.4. The summed E-state index contributed by atoms with van der Waals surface area (Å²) in [6.07, 6.45) is 9.38. The van der Waals surface area contributed by atoms with Crippen molar-refractivity contribution in [1.29, 1.82) is 0 Å². The fourth-order valence-electron chi connectivity index (χ4n) is 6.02. The standard InChI is InChI=1S/C33H38ClN5O2S/c1-33(2,3)41-32(40)39-19-25(42-4)17-27(39)31-35-18-26(36-31)22-13-9-20(10-14-22)21-11-15-23(16-12-21)28-29(34)38-30(37-28)24-7-5-6-8-24/h9-16,18,24-25,27H,5-8,17,19H2,1-4H3,(H,35,36)(H,37,38)/t25-,27-/m0/s1. The number of halogens is 1. The third-order valence-electron chi connectivity index (χ3n) is 8.24. The van der Waals surface area contributed by atoms with E-state index in [1.165, 1.54) is 25.7 Å². The minimum absolute atomic E-state index is 0.138. The van der Waals surface area contributed by atoms with Crippen molar-refractivity contribution in [2.45, 2.75) is 75.7 Å². The van der Waals surface area contributed by atoms with Crippen molar-refractivity contribution in [3.05, 3.63) is 71.5 Å². The quantitative estimate of drug-likeness (QED) is 0.230. The number of imidazole rings is 2. The molecule has 9 heteroatoms. The summed E-state index contributed by atoms with van der Waals surface area (Å²) in [7, 11) is 0. The van der Waals surface area contributed by atoms with Crippen molar-refractivity contribution in [3.63, 3.8) is 0 Å². The number of hydrogen-bond donors (Lipinski definition) is 2. The summed E-state index contributed by atoms with van der Waals surface area (Å²) in [6, 6.07) is 16.7. The molecule has 2 aliphatic rings. The number of carbonyl (C=O) groups is 1. The molecule has 0 bridgehead atoms. The number of ether oxygens (including phenoxy) is 1. The molecule has 1 aliphatic carbocycles. The van der Waals surface area contributed by atoms with Gasteiger partial charge in [-0.3, -0.25) is 4.90 Å². The van der Waals surface area contributed by atoms with Crippen LogP contribution < -0.4 is 0 Å². The third-order valence-corrected chi connectivity index (χ3v) is 9.52. The summed E-state index contributed by atoms with van der Waals surface area (Å²) in [6.45, 7) is 6.34. The van der Waals surface area contributed by atoms with Gasteiger partial charge in [-0.25, -0.2) is 14.8 Å². The van der Waals surface area contributed by atoms with Crippen molar-refractivity contribution in [1.82, 2.24) is 24.8 Å². The van der Waals surface area contributed by atoms with Gasteiger partial charge in [0, 0.05) is 23.3 Å². The highest BCUT2D eigenvalue weighted by molar-refractivity contribution is 7.99. The van der Waals surface area contributed by atoms with Crippen molar-refractivity contribution in [2.75, 3.05) is 12.8 Å². The first kappa shape index (κ1) is 28.9. The van der Waals surface area contributed by atoms with Gasteiger partial charge < -0.3 is 14.7 Å². The lowest BCUT2D eigenvalue weighted by Crippen LogP contribution is -2.37. The Balaban J connectivity index is 1.16. The van der Waals surface area contributed by atoms with Gasteiger partial charge in [0.05, 0.1) is 17.9 Å². The van der Waals surface area contributed by atoms with E-state index in [4.69, 9.17) is 26.3 Å². The van der Waals surface area contributed by atoms with Gasteiger partial charge in [-0.2, -0.15) is 11.8 Å². The number of benzene rings is 2. The molecular formula is C33H38ClN5O2S. The van der Waals surface area contributed by atoms with Crippen LogP contribution in [0, 0.1) is 0 Å². The van der Waals surface area contributed by atoms with Gasteiger partial charge in [0.1, 0.15) is 28.1 Å². The topological polar surface area (TPSA) is 86.9 Å². The van der Waals surface area contributed by atoms with E-state index in [1.807, 2.05) is 31.9 Å². The van der Waals surface area contributed by atoms with Crippen LogP contribution in [0.4, 0.5) is 4.79 Å². The van der Waals surface area contributed by atoms with E-state index in [9.17, 15) is 4.79 Å². The molecule has 2 aromatic heterocycles. The molecule has 0 spiro atoms. The van der Waals surface area contributed by atoms with E-state index >= 15 is 0 Å². The number of nitrogens with one attached hydrogen (secondary N) is 2. The first-order chi connectivity index (χ1) is 20.2. The Morgan fingerprint density at radius 2 is 1.57 bits per heavy atom. The van der Waals surface area contributed by atoms with Gasteiger partial charge in [0.15, 0.2) is 0 Å². The number of likely N-dealkylation sites (tertiary alicyclic amines) is 1. The second-order valence-electron chi connectivity index (χ2n) is 12.3. The van der Waals surface area contributed by atoms with Crippen molar-refractivity contribution < 1.29 is 9.53 Å². The van der Waals surface area contributed by atoms with Crippen LogP contribution >= 0.6 is 23.4 Å². The van der Waals surface area contributed by atoms with Gasteiger partial charge in [-0.15, -0.1) is 0 Å². The maximum Gasteiger partial charge on any atom is 0.410 e. The predicted molar refractivity (Wildman–Crippen MR) is 171 cm³/mol. The number of thioether (sulfide) groups is 1. The van der Waals surface area contributed by atoms with Crippen molar-refractivity contribution in [2.24, 2.45) is 0 Å². The van der Waals surface area contributed by atoms with Crippen LogP contribution in [0.25, 0.3) is 33.6 Å². The molecule has 1 saturated carbocycles. The fraction of sp³-hybridized carbons (Fsp3) is 0.424. The summed E-state index contributed by atoms with van der Waals surface area (Å²) >= 11 is 8.32. The molecule has 220 valence electrons. The molecule has 4 aromatic rings. The molecule has 42 heavy (non-hydrogen) atoms. The normalized spacial score (nSPS) is 19.5. The molecule has 1 saturated heterocycles. The SMILES string of the molecule is CS[C@H]1C[C@@H](c2ncc(-c3ccc(-c4ccc(-c5nc(C6CCCC6)[nH]c5Cl)cc4)cc3)[nH]2)N(C(=O)OC(C)(C)C)C1. The summed E-state index contributed by atoms with van der Waals surface area (Å²) in [4.78, 5) is 31.1.